The summed E-state index contributed by atoms with van der Waals surface area (Å²) in [4.78, 5) is 23.7. The number of benzene rings is 1. The fourth-order valence-corrected chi connectivity index (χ4v) is 5.34. The number of fused-ring (bicyclic) bond motifs is 1. The van der Waals surface area contributed by atoms with Gasteiger partial charge in [-0.2, -0.15) is 0 Å². The summed E-state index contributed by atoms with van der Waals surface area (Å²) in [5, 5.41) is 0.857. The fourth-order valence-electron chi connectivity index (χ4n) is 4.17. The quantitative estimate of drug-likeness (QED) is 0.770. The van der Waals surface area contributed by atoms with Crippen LogP contribution in [-0.4, -0.2) is 47.6 Å². The minimum atomic E-state index is 0.122. The topological polar surface area (TPSA) is 45.7 Å². The highest BCUT2D eigenvalue weighted by Gasteiger charge is 2.28. The van der Waals surface area contributed by atoms with Crippen molar-refractivity contribution in [1.29, 1.82) is 0 Å². The first kappa shape index (κ1) is 19.6. The number of hydrogen-bond acceptors (Lipinski definition) is 5. The molecule has 0 N–H and O–H groups in total. The molecular formula is C22H29N3O2S. The first-order valence-corrected chi connectivity index (χ1v) is 11.1. The fraction of sp³-hybridized carbons (Fsp3) is 0.545. The van der Waals surface area contributed by atoms with Gasteiger partial charge < -0.3 is 4.74 Å². The van der Waals surface area contributed by atoms with Crippen molar-refractivity contribution in [3.63, 3.8) is 0 Å². The van der Waals surface area contributed by atoms with Crippen molar-refractivity contribution in [2.45, 2.75) is 58.3 Å². The molecule has 5 nitrogen and oxygen atoms in total. The summed E-state index contributed by atoms with van der Waals surface area (Å²) in [5.74, 6) is 0.122. The molecule has 0 bridgehead atoms. The average molecular weight is 400 g/mol. The Bertz CT molecular complexity index is 774. The molecule has 1 aliphatic carbocycles. The van der Waals surface area contributed by atoms with Gasteiger partial charge in [-0.25, -0.2) is 4.98 Å². The summed E-state index contributed by atoms with van der Waals surface area (Å²) in [6.07, 6.45) is 4.88. The molecule has 1 aliphatic heterocycles. The summed E-state index contributed by atoms with van der Waals surface area (Å²) in [6.45, 7) is 6.72. The Hall–Kier alpha value is -1.76. The number of nitrogens with zero attached hydrogens (tertiary/aromatic N) is 3. The van der Waals surface area contributed by atoms with Gasteiger partial charge >= 0.3 is 0 Å². The lowest BCUT2D eigenvalue weighted by Gasteiger charge is -2.35. The van der Waals surface area contributed by atoms with Crippen molar-refractivity contribution in [3.8, 4) is 0 Å². The second-order valence-electron chi connectivity index (χ2n) is 7.99. The van der Waals surface area contributed by atoms with Gasteiger partial charge in [0, 0.05) is 18.0 Å². The molecule has 0 radical (unpaired) electrons. The van der Waals surface area contributed by atoms with Crippen molar-refractivity contribution < 1.29 is 9.53 Å². The predicted molar refractivity (Wildman–Crippen MR) is 113 cm³/mol. The van der Waals surface area contributed by atoms with Gasteiger partial charge in [0.2, 0.25) is 5.91 Å². The second-order valence-corrected chi connectivity index (χ2v) is 9.05. The zero-order chi connectivity index (χ0) is 19.5. The van der Waals surface area contributed by atoms with E-state index in [1.807, 2.05) is 23.1 Å². The molecule has 4 rings (SSSR count). The molecule has 2 atom stereocenters. The minimum absolute atomic E-state index is 0.122. The summed E-state index contributed by atoms with van der Waals surface area (Å²) >= 11 is 1.70. The van der Waals surface area contributed by atoms with Gasteiger partial charge in [0.15, 0.2) is 5.13 Å². The lowest BCUT2D eigenvalue weighted by Crippen LogP contribution is -2.49. The molecule has 28 heavy (non-hydrogen) atoms. The number of rotatable bonds is 5. The van der Waals surface area contributed by atoms with E-state index in [0.717, 1.165) is 36.6 Å². The van der Waals surface area contributed by atoms with E-state index in [4.69, 9.17) is 9.72 Å². The van der Waals surface area contributed by atoms with Crippen molar-refractivity contribution in [3.05, 3.63) is 46.5 Å². The Morgan fingerprint density at radius 3 is 2.61 bits per heavy atom. The Morgan fingerprint density at radius 2 is 1.89 bits per heavy atom. The van der Waals surface area contributed by atoms with Crippen LogP contribution in [0, 0.1) is 0 Å². The molecule has 0 spiro atoms. The third kappa shape index (κ3) is 4.62. The number of aromatic nitrogens is 1. The maximum Gasteiger partial charge on any atom is 0.243 e. The van der Waals surface area contributed by atoms with E-state index in [0.29, 0.717) is 13.1 Å². The highest BCUT2D eigenvalue weighted by Crippen LogP contribution is 2.32. The van der Waals surface area contributed by atoms with Crippen molar-refractivity contribution in [2.24, 2.45) is 0 Å². The third-order valence-electron chi connectivity index (χ3n) is 5.40. The van der Waals surface area contributed by atoms with E-state index < -0.39 is 0 Å². The first-order chi connectivity index (χ1) is 13.6. The lowest BCUT2D eigenvalue weighted by atomic mass is 10.0. The monoisotopic (exact) mass is 399 g/mol. The van der Waals surface area contributed by atoms with Gasteiger partial charge in [-0.3, -0.25) is 14.6 Å². The molecule has 1 aromatic carbocycles. The summed E-state index contributed by atoms with van der Waals surface area (Å²) in [5.41, 5.74) is 2.33. The van der Waals surface area contributed by atoms with Crippen LogP contribution < -0.4 is 4.90 Å². The van der Waals surface area contributed by atoms with Crippen LogP contribution in [0.2, 0.25) is 0 Å². The number of carbonyl (C=O) groups is 1. The molecule has 150 valence electrons. The Labute approximate surface area is 171 Å². The first-order valence-electron chi connectivity index (χ1n) is 10.3. The maximum atomic E-state index is 13.4. The van der Waals surface area contributed by atoms with Crippen LogP contribution in [0.1, 0.15) is 42.8 Å². The smallest absolute Gasteiger partial charge is 0.243 e. The molecule has 6 heteroatoms. The van der Waals surface area contributed by atoms with E-state index >= 15 is 0 Å². The van der Waals surface area contributed by atoms with Crippen LogP contribution in [0.4, 0.5) is 5.13 Å². The lowest BCUT2D eigenvalue weighted by molar-refractivity contribution is -0.123. The zero-order valence-electron chi connectivity index (χ0n) is 16.8. The minimum Gasteiger partial charge on any atom is -0.373 e. The highest BCUT2D eigenvalue weighted by atomic mass is 32.1. The number of thiazole rings is 1. The van der Waals surface area contributed by atoms with Crippen LogP contribution >= 0.6 is 11.3 Å². The molecule has 0 saturated carbocycles. The van der Waals surface area contributed by atoms with Crippen LogP contribution in [0.5, 0.6) is 0 Å². The van der Waals surface area contributed by atoms with Gasteiger partial charge in [-0.05, 0) is 45.1 Å². The highest BCUT2D eigenvalue weighted by molar-refractivity contribution is 7.15. The largest absolute Gasteiger partial charge is 0.373 e. The molecule has 1 fully saturated rings. The Morgan fingerprint density at radius 1 is 1.18 bits per heavy atom. The predicted octanol–water partition coefficient (Wildman–Crippen LogP) is 3.66. The molecular weight excluding hydrogens is 370 g/mol. The van der Waals surface area contributed by atoms with Crippen molar-refractivity contribution in [1.82, 2.24) is 9.88 Å². The van der Waals surface area contributed by atoms with Crippen LogP contribution in [-0.2, 0) is 28.9 Å². The van der Waals surface area contributed by atoms with Gasteiger partial charge in [-0.1, -0.05) is 30.3 Å². The number of amides is 1. The number of ether oxygens (including phenoxy) is 1. The van der Waals surface area contributed by atoms with Gasteiger partial charge in [0.1, 0.15) is 0 Å². The normalized spacial score (nSPS) is 22.6. The maximum absolute atomic E-state index is 13.4. The van der Waals surface area contributed by atoms with Gasteiger partial charge in [0.05, 0.1) is 31.0 Å². The SMILES string of the molecule is C[C@H]1CN(CC(=O)N(Cc2ccccc2)c2nc3c(s2)CCCC3)C[C@H](C)O1. The van der Waals surface area contributed by atoms with E-state index in [-0.39, 0.29) is 18.1 Å². The summed E-state index contributed by atoms with van der Waals surface area (Å²) < 4.78 is 5.82. The number of hydrogen-bond donors (Lipinski definition) is 0. The molecule has 1 amide bonds. The van der Waals surface area contributed by atoms with Gasteiger partial charge in [-0.15, -0.1) is 11.3 Å². The zero-order valence-corrected chi connectivity index (χ0v) is 17.6. The van der Waals surface area contributed by atoms with E-state index in [1.54, 1.807) is 11.3 Å². The van der Waals surface area contributed by atoms with E-state index in [2.05, 4.69) is 30.9 Å². The Balaban J connectivity index is 1.55. The Kier molecular flexibility index (Phi) is 6.09. The number of aryl methyl sites for hydroxylation is 2. The van der Waals surface area contributed by atoms with Crippen LogP contribution in [0.3, 0.4) is 0 Å². The standard InChI is InChI=1S/C22H29N3O2S/c1-16-12-24(13-17(2)27-16)15-21(26)25(14-18-8-4-3-5-9-18)22-23-19-10-6-7-11-20(19)28-22/h3-5,8-9,16-17H,6-7,10-15H2,1-2H3/t16-,17-/m0/s1. The molecule has 0 unspecified atom stereocenters. The molecule has 2 heterocycles. The average Bonchev–Trinajstić information content (AvgIpc) is 3.09. The van der Waals surface area contributed by atoms with E-state index in [1.165, 1.54) is 23.4 Å². The summed E-state index contributed by atoms with van der Waals surface area (Å²) in [7, 11) is 0. The second kappa shape index (κ2) is 8.72. The third-order valence-corrected chi connectivity index (χ3v) is 6.58. The van der Waals surface area contributed by atoms with Gasteiger partial charge in [0.25, 0.3) is 0 Å². The molecule has 1 saturated heterocycles. The van der Waals surface area contributed by atoms with E-state index in [9.17, 15) is 4.79 Å². The molecule has 2 aliphatic rings. The molecule has 1 aromatic heterocycles. The van der Waals surface area contributed by atoms with Crippen molar-refractivity contribution >= 4 is 22.4 Å². The summed E-state index contributed by atoms with van der Waals surface area (Å²) in [6, 6.07) is 10.2. The van der Waals surface area contributed by atoms with Crippen molar-refractivity contribution in [2.75, 3.05) is 24.5 Å². The number of morpholine rings is 1. The van der Waals surface area contributed by atoms with Crippen LogP contribution in [0.15, 0.2) is 30.3 Å². The molecule has 2 aromatic rings. The van der Waals surface area contributed by atoms with Crippen LogP contribution in [0.25, 0.3) is 0 Å². The number of carbonyl (C=O) groups excluding carboxylic acids is 1. The number of anilines is 1.